The second kappa shape index (κ2) is 11.4. The van der Waals surface area contributed by atoms with Crippen molar-refractivity contribution >= 4 is 18.0 Å². The van der Waals surface area contributed by atoms with Crippen molar-refractivity contribution in [3.63, 3.8) is 0 Å². The van der Waals surface area contributed by atoms with Gasteiger partial charge in [-0.1, -0.05) is 48.5 Å². The van der Waals surface area contributed by atoms with Gasteiger partial charge in [0.15, 0.2) is 0 Å². The van der Waals surface area contributed by atoms with E-state index in [1.54, 1.807) is 0 Å². The lowest BCUT2D eigenvalue weighted by atomic mass is 9.98. The molecule has 2 aliphatic rings. The molecule has 0 radical (unpaired) electrons. The number of rotatable bonds is 10. The molecule has 8 nitrogen and oxygen atoms in total. The molecule has 3 atom stereocenters. The SMILES string of the molecule is O=C(O)CC1CCC(CNC(=O)CC(O)CNC(=O)OCC2c3ccccc3-c3ccccc32)C1. The van der Waals surface area contributed by atoms with Crippen LogP contribution >= 0.6 is 0 Å². The molecule has 0 spiro atoms. The number of carboxylic acid groups (broad SMARTS) is 1. The Morgan fingerprint density at radius 1 is 0.943 bits per heavy atom. The number of hydrogen-bond acceptors (Lipinski definition) is 5. The van der Waals surface area contributed by atoms with Crippen molar-refractivity contribution in [1.29, 1.82) is 0 Å². The molecule has 0 aromatic heterocycles. The molecule has 0 saturated heterocycles. The maximum atomic E-state index is 12.2. The van der Waals surface area contributed by atoms with Gasteiger partial charge in [0, 0.05) is 25.4 Å². The lowest BCUT2D eigenvalue weighted by Gasteiger charge is -2.16. The number of carbonyl (C=O) groups excluding carboxylic acids is 2. The third-order valence-corrected chi connectivity index (χ3v) is 6.95. The van der Waals surface area contributed by atoms with Gasteiger partial charge in [-0.25, -0.2) is 4.79 Å². The third kappa shape index (κ3) is 6.39. The second-order valence-corrected chi connectivity index (χ2v) is 9.51. The number of ether oxygens (including phenoxy) is 1. The van der Waals surface area contributed by atoms with E-state index < -0.39 is 18.2 Å². The van der Waals surface area contributed by atoms with Gasteiger partial charge < -0.3 is 25.6 Å². The van der Waals surface area contributed by atoms with Crippen LogP contribution in [0.15, 0.2) is 48.5 Å². The van der Waals surface area contributed by atoms with Gasteiger partial charge in [-0.2, -0.15) is 0 Å². The number of aliphatic hydroxyl groups is 1. The first-order chi connectivity index (χ1) is 16.9. The number of hydrogen-bond donors (Lipinski definition) is 4. The standard InChI is InChI=1S/C27H32N2O6/c30-19(13-25(31)28-14-18-10-9-17(11-18)12-26(32)33)15-29-27(34)35-16-24-22-7-3-1-5-20(22)21-6-2-4-8-23(21)24/h1-8,17-19,24,30H,9-16H2,(H,28,31)(H,29,34)(H,32,33). The van der Waals surface area contributed by atoms with Crippen molar-refractivity contribution in [1.82, 2.24) is 10.6 Å². The zero-order valence-electron chi connectivity index (χ0n) is 19.6. The Kier molecular flexibility index (Phi) is 8.02. The lowest BCUT2D eigenvalue weighted by molar-refractivity contribution is -0.138. The van der Waals surface area contributed by atoms with Crippen LogP contribution in [-0.4, -0.2) is 54.0 Å². The first-order valence-corrected chi connectivity index (χ1v) is 12.2. The molecule has 4 N–H and O–H groups in total. The lowest BCUT2D eigenvalue weighted by Crippen LogP contribution is -2.37. The molecule has 1 fully saturated rings. The molecule has 0 aliphatic heterocycles. The van der Waals surface area contributed by atoms with Crippen molar-refractivity contribution in [2.45, 2.75) is 44.1 Å². The van der Waals surface area contributed by atoms with Crippen molar-refractivity contribution in [3.8, 4) is 11.1 Å². The zero-order chi connectivity index (χ0) is 24.8. The van der Waals surface area contributed by atoms with Gasteiger partial charge in [-0.05, 0) is 53.4 Å². The van der Waals surface area contributed by atoms with Crippen LogP contribution in [-0.2, 0) is 14.3 Å². The van der Waals surface area contributed by atoms with Gasteiger partial charge in [0.2, 0.25) is 5.91 Å². The summed E-state index contributed by atoms with van der Waals surface area (Å²) in [6.45, 7) is 0.566. The highest BCUT2D eigenvalue weighted by Gasteiger charge is 2.29. The van der Waals surface area contributed by atoms with E-state index in [1.807, 2.05) is 36.4 Å². The Hall–Kier alpha value is -3.39. The summed E-state index contributed by atoms with van der Waals surface area (Å²) in [4.78, 5) is 35.2. The quantitative estimate of drug-likeness (QED) is 0.414. The minimum absolute atomic E-state index is 0.0467. The number of carboxylic acids is 1. The predicted molar refractivity (Wildman–Crippen MR) is 130 cm³/mol. The van der Waals surface area contributed by atoms with Crippen LogP contribution in [0.25, 0.3) is 11.1 Å². The van der Waals surface area contributed by atoms with Crippen LogP contribution in [0, 0.1) is 11.8 Å². The van der Waals surface area contributed by atoms with E-state index in [-0.39, 0.29) is 49.7 Å². The Labute approximate surface area is 204 Å². The predicted octanol–water partition coefficient (Wildman–Crippen LogP) is 3.28. The van der Waals surface area contributed by atoms with Crippen LogP contribution in [0.5, 0.6) is 0 Å². The van der Waals surface area contributed by atoms with Crippen molar-refractivity contribution < 1.29 is 29.3 Å². The number of fused-ring (bicyclic) bond motifs is 3. The van der Waals surface area contributed by atoms with E-state index in [9.17, 15) is 19.5 Å². The molecule has 2 aromatic carbocycles. The summed E-state index contributed by atoms with van der Waals surface area (Å²) >= 11 is 0. The zero-order valence-corrected chi connectivity index (χ0v) is 19.6. The van der Waals surface area contributed by atoms with Crippen LogP contribution in [0.3, 0.4) is 0 Å². The third-order valence-electron chi connectivity index (χ3n) is 6.95. The average Bonchev–Trinajstić information content (AvgIpc) is 3.41. The molecule has 2 amide bonds. The number of alkyl carbamates (subject to hydrolysis) is 1. The fourth-order valence-corrected chi connectivity index (χ4v) is 5.26. The number of benzene rings is 2. The molecule has 3 unspecified atom stereocenters. The highest BCUT2D eigenvalue weighted by Crippen LogP contribution is 2.44. The van der Waals surface area contributed by atoms with Crippen LogP contribution in [0.4, 0.5) is 4.79 Å². The van der Waals surface area contributed by atoms with Crippen LogP contribution in [0.1, 0.15) is 49.1 Å². The highest BCUT2D eigenvalue weighted by atomic mass is 16.5. The number of aliphatic hydroxyl groups excluding tert-OH is 1. The molecule has 35 heavy (non-hydrogen) atoms. The average molecular weight is 481 g/mol. The Morgan fingerprint density at radius 2 is 1.57 bits per heavy atom. The molecule has 8 heteroatoms. The molecule has 2 aromatic rings. The molecule has 0 bridgehead atoms. The maximum absolute atomic E-state index is 12.2. The smallest absolute Gasteiger partial charge is 0.407 e. The van der Waals surface area contributed by atoms with Gasteiger partial charge in [-0.15, -0.1) is 0 Å². The molecular formula is C27H32N2O6. The van der Waals surface area contributed by atoms with E-state index in [0.29, 0.717) is 6.54 Å². The molecule has 4 rings (SSSR count). The molecule has 2 aliphatic carbocycles. The summed E-state index contributed by atoms with van der Waals surface area (Å²) in [6.07, 6.45) is 0.919. The fourth-order valence-electron chi connectivity index (χ4n) is 5.26. The monoisotopic (exact) mass is 480 g/mol. The van der Waals surface area contributed by atoms with Crippen molar-refractivity contribution in [3.05, 3.63) is 59.7 Å². The van der Waals surface area contributed by atoms with Crippen molar-refractivity contribution in [2.75, 3.05) is 19.7 Å². The van der Waals surface area contributed by atoms with E-state index in [1.165, 1.54) is 0 Å². The van der Waals surface area contributed by atoms with Crippen molar-refractivity contribution in [2.24, 2.45) is 11.8 Å². The van der Waals surface area contributed by atoms with E-state index in [2.05, 4.69) is 22.8 Å². The number of carbonyl (C=O) groups is 3. The number of aliphatic carboxylic acids is 1. The Morgan fingerprint density at radius 3 is 2.23 bits per heavy atom. The van der Waals surface area contributed by atoms with Gasteiger partial charge >= 0.3 is 12.1 Å². The summed E-state index contributed by atoms with van der Waals surface area (Å²) < 4.78 is 5.44. The fraction of sp³-hybridized carbons (Fsp3) is 0.444. The van der Waals surface area contributed by atoms with E-state index in [0.717, 1.165) is 41.5 Å². The summed E-state index contributed by atoms with van der Waals surface area (Å²) in [5.74, 6) is -0.699. The second-order valence-electron chi connectivity index (χ2n) is 9.51. The summed E-state index contributed by atoms with van der Waals surface area (Å²) in [5, 5.41) is 24.4. The van der Waals surface area contributed by atoms with Gasteiger partial charge in [0.1, 0.15) is 6.61 Å². The molecule has 186 valence electrons. The summed E-state index contributed by atoms with van der Waals surface area (Å²) in [7, 11) is 0. The number of amides is 2. The van der Waals surface area contributed by atoms with Gasteiger partial charge in [0.25, 0.3) is 0 Å². The minimum atomic E-state index is -1.03. The molecule has 1 saturated carbocycles. The Balaban J connectivity index is 1.16. The maximum Gasteiger partial charge on any atom is 0.407 e. The van der Waals surface area contributed by atoms with Crippen LogP contribution < -0.4 is 10.6 Å². The van der Waals surface area contributed by atoms with Gasteiger partial charge in [-0.3, -0.25) is 9.59 Å². The summed E-state index contributed by atoms with van der Waals surface area (Å²) in [6, 6.07) is 16.1. The topological polar surface area (TPSA) is 125 Å². The molecular weight excluding hydrogens is 448 g/mol. The summed E-state index contributed by atoms with van der Waals surface area (Å²) in [5.41, 5.74) is 4.53. The molecule has 0 heterocycles. The first kappa shape index (κ1) is 24.7. The normalized spacial score (nSPS) is 19.5. The van der Waals surface area contributed by atoms with E-state index >= 15 is 0 Å². The minimum Gasteiger partial charge on any atom is -0.481 e. The highest BCUT2D eigenvalue weighted by molar-refractivity contribution is 5.79. The Bertz CT molecular complexity index is 1030. The van der Waals surface area contributed by atoms with Crippen LogP contribution in [0.2, 0.25) is 0 Å². The van der Waals surface area contributed by atoms with Gasteiger partial charge in [0.05, 0.1) is 12.5 Å². The first-order valence-electron chi connectivity index (χ1n) is 12.2. The van der Waals surface area contributed by atoms with E-state index in [4.69, 9.17) is 9.84 Å². The largest absolute Gasteiger partial charge is 0.481 e. The number of nitrogens with one attached hydrogen (secondary N) is 2.